The molecule has 2 aromatic rings. The Kier molecular flexibility index (Phi) is 3.89. The van der Waals surface area contributed by atoms with E-state index in [1.54, 1.807) is 30.7 Å². The maximum absolute atomic E-state index is 12.4. The zero-order chi connectivity index (χ0) is 16.4. The second-order valence-corrected chi connectivity index (χ2v) is 5.17. The summed E-state index contributed by atoms with van der Waals surface area (Å²) in [5.41, 5.74) is 2.04. The maximum Gasteiger partial charge on any atom is 0.317 e. The van der Waals surface area contributed by atoms with E-state index in [0.717, 1.165) is 5.56 Å². The number of carbonyl (C=O) groups excluding carboxylic acids is 1. The number of rotatable bonds is 3. The Morgan fingerprint density at radius 1 is 1.39 bits per heavy atom. The van der Waals surface area contributed by atoms with Gasteiger partial charge in [0.05, 0.1) is 24.3 Å². The van der Waals surface area contributed by atoms with Crippen molar-refractivity contribution in [2.45, 2.75) is 19.9 Å². The molecule has 1 aliphatic heterocycles. The first-order chi connectivity index (χ1) is 11.2. The minimum atomic E-state index is -0.572. The molecule has 0 radical (unpaired) electrons. The molecule has 116 valence electrons. The van der Waals surface area contributed by atoms with Crippen LogP contribution < -0.4 is 0 Å². The number of aromatic nitrogens is 3. The van der Waals surface area contributed by atoms with Gasteiger partial charge in [0.2, 0.25) is 5.95 Å². The molecule has 0 spiro atoms. The van der Waals surface area contributed by atoms with Crippen molar-refractivity contribution in [2.24, 2.45) is 10.9 Å². The first kappa shape index (κ1) is 14.9. The van der Waals surface area contributed by atoms with E-state index in [-0.39, 0.29) is 5.97 Å². The van der Waals surface area contributed by atoms with E-state index in [9.17, 15) is 4.79 Å². The van der Waals surface area contributed by atoms with E-state index in [0.29, 0.717) is 23.8 Å². The summed E-state index contributed by atoms with van der Waals surface area (Å²) in [7, 11) is 0. The minimum Gasteiger partial charge on any atom is -0.465 e. The highest BCUT2D eigenvalue weighted by Crippen LogP contribution is 2.35. The van der Waals surface area contributed by atoms with Gasteiger partial charge >= 0.3 is 5.97 Å². The van der Waals surface area contributed by atoms with Gasteiger partial charge in [-0.1, -0.05) is 12.1 Å². The third-order valence-electron chi connectivity index (χ3n) is 3.78. The first-order valence-electron chi connectivity index (χ1n) is 7.27. The van der Waals surface area contributed by atoms with Crippen molar-refractivity contribution in [3.05, 3.63) is 41.7 Å². The third kappa shape index (κ3) is 2.59. The van der Waals surface area contributed by atoms with Crippen LogP contribution in [0.5, 0.6) is 0 Å². The largest absolute Gasteiger partial charge is 0.465 e. The van der Waals surface area contributed by atoms with Crippen LogP contribution in [0.3, 0.4) is 0 Å². The van der Waals surface area contributed by atoms with Crippen LogP contribution in [-0.2, 0) is 9.53 Å². The number of ether oxygens (including phenoxy) is 1. The van der Waals surface area contributed by atoms with Gasteiger partial charge in [0.1, 0.15) is 12.2 Å². The zero-order valence-corrected chi connectivity index (χ0v) is 12.8. The number of esters is 1. The molecule has 7 heteroatoms. The normalized spacial score (nSPS) is 19.4. The topological polar surface area (TPSA) is 93.2 Å². The Hall–Kier alpha value is -3.01. The molecule has 0 aliphatic carbocycles. The molecule has 23 heavy (non-hydrogen) atoms. The van der Waals surface area contributed by atoms with Crippen LogP contribution >= 0.6 is 0 Å². The van der Waals surface area contributed by atoms with Gasteiger partial charge in [-0.2, -0.15) is 15.3 Å². The SMILES string of the molecule is CCOC(=O)C1C(C)=Nc2ncnn2C1c1ccc(C#N)cc1. The van der Waals surface area contributed by atoms with Crippen LogP contribution in [-0.4, -0.2) is 33.1 Å². The van der Waals surface area contributed by atoms with Gasteiger partial charge in [-0.05, 0) is 31.5 Å². The second kappa shape index (κ2) is 6.01. The highest BCUT2D eigenvalue weighted by molar-refractivity contribution is 6.03. The smallest absolute Gasteiger partial charge is 0.317 e. The van der Waals surface area contributed by atoms with Gasteiger partial charge in [-0.3, -0.25) is 4.79 Å². The fourth-order valence-electron chi connectivity index (χ4n) is 2.74. The van der Waals surface area contributed by atoms with E-state index >= 15 is 0 Å². The predicted octanol–water partition coefficient (Wildman–Crippen LogP) is 2.02. The van der Waals surface area contributed by atoms with Gasteiger partial charge in [0.25, 0.3) is 0 Å². The van der Waals surface area contributed by atoms with Gasteiger partial charge < -0.3 is 4.74 Å². The van der Waals surface area contributed by atoms with E-state index in [1.807, 2.05) is 12.1 Å². The summed E-state index contributed by atoms with van der Waals surface area (Å²) >= 11 is 0. The highest BCUT2D eigenvalue weighted by atomic mass is 16.5. The minimum absolute atomic E-state index is 0.299. The summed E-state index contributed by atoms with van der Waals surface area (Å²) in [6, 6.07) is 8.77. The van der Waals surface area contributed by atoms with E-state index < -0.39 is 12.0 Å². The number of nitriles is 1. The molecule has 0 bridgehead atoms. The fourth-order valence-corrected chi connectivity index (χ4v) is 2.74. The summed E-state index contributed by atoms with van der Waals surface area (Å²) in [6.45, 7) is 3.86. The molecule has 1 aromatic carbocycles. The summed E-state index contributed by atoms with van der Waals surface area (Å²) in [6.07, 6.45) is 1.41. The zero-order valence-electron chi connectivity index (χ0n) is 12.8. The van der Waals surface area contributed by atoms with Crippen molar-refractivity contribution in [2.75, 3.05) is 6.61 Å². The molecule has 3 rings (SSSR count). The molecular formula is C16H15N5O2. The van der Waals surface area contributed by atoms with E-state index in [1.165, 1.54) is 6.33 Å². The number of aliphatic imine (C=N–C) groups is 1. The van der Waals surface area contributed by atoms with Crippen molar-refractivity contribution in [3.63, 3.8) is 0 Å². The Morgan fingerprint density at radius 2 is 2.13 bits per heavy atom. The van der Waals surface area contributed by atoms with Crippen LogP contribution in [0.25, 0.3) is 0 Å². The standard InChI is InChI=1S/C16H15N5O2/c1-3-23-15(22)13-10(2)20-16-18-9-19-21(16)14(13)12-6-4-11(8-17)5-7-12/h4-7,9,13-14H,3H2,1-2H3. The molecule has 0 saturated carbocycles. The van der Waals surface area contributed by atoms with Crippen LogP contribution in [0.2, 0.25) is 0 Å². The van der Waals surface area contributed by atoms with Crippen LogP contribution in [0, 0.1) is 17.2 Å². The summed E-state index contributed by atoms with van der Waals surface area (Å²) in [4.78, 5) is 20.9. The Bertz CT molecular complexity index is 801. The average Bonchev–Trinajstić information content (AvgIpc) is 3.01. The number of fused-ring (bicyclic) bond motifs is 1. The number of carbonyl (C=O) groups is 1. The summed E-state index contributed by atoms with van der Waals surface area (Å²) < 4.78 is 6.83. The molecule has 2 atom stereocenters. The van der Waals surface area contributed by atoms with E-state index in [2.05, 4.69) is 21.1 Å². The molecule has 2 unspecified atom stereocenters. The van der Waals surface area contributed by atoms with Gasteiger partial charge in [-0.15, -0.1) is 0 Å². The van der Waals surface area contributed by atoms with Crippen LogP contribution in [0.15, 0.2) is 35.6 Å². The van der Waals surface area contributed by atoms with Gasteiger partial charge in [0.15, 0.2) is 0 Å². The van der Waals surface area contributed by atoms with E-state index in [4.69, 9.17) is 10.00 Å². The third-order valence-corrected chi connectivity index (χ3v) is 3.78. The Labute approximate surface area is 133 Å². The van der Waals surface area contributed by atoms with Gasteiger partial charge in [-0.25, -0.2) is 9.67 Å². The maximum atomic E-state index is 12.4. The molecule has 0 N–H and O–H groups in total. The fraction of sp³-hybridized carbons (Fsp3) is 0.312. The molecule has 1 aliphatic rings. The lowest BCUT2D eigenvalue weighted by Gasteiger charge is -2.29. The lowest BCUT2D eigenvalue weighted by molar-refractivity contribution is -0.146. The lowest BCUT2D eigenvalue weighted by Crippen LogP contribution is -2.37. The number of benzene rings is 1. The quantitative estimate of drug-likeness (QED) is 0.809. The van der Waals surface area contributed by atoms with Crippen molar-refractivity contribution in [1.29, 1.82) is 5.26 Å². The average molecular weight is 309 g/mol. The lowest BCUT2D eigenvalue weighted by atomic mass is 9.88. The van der Waals surface area contributed by atoms with Crippen LogP contribution in [0.4, 0.5) is 5.95 Å². The van der Waals surface area contributed by atoms with Crippen molar-refractivity contribution in [1.82, 2.24) is 14.8 Å². The van der Waals surface area contributed by atoms with Crippen LogP contribution in [0.1, 0.15) is 31.0 Å². The molecule has 0 amide bonds. The summed E-state index contributed by atoms with van der Waals surface area (Å²) in [5.74, 6) is -0.459. The molecular weight excluding hydrogens is 294 g/mol. The van der Waals surface area contributed by atoms with Crippen molar-refractivity contribution < 1.29 is 9.53 Å². The number of hydrogen-bond donors (Lipinski definition) is 0. The number of nitrogens with zero attached hydrogens (tertiary/aromatic N) is 5. The monoisotopic (exact) mass is 309 g/mol. The first-order valence-corrected chi connectivity index (χ1v) is 7.27. The van der Waals surface area contributed by atoms with Crippen molar-refractivity contribution >= 4 is 17.6 Å². The number of hydrogen-bond acceptors (Lipinski definition) is 6. The van der Waals surface area contributed by atoms with Gasteiger partial charge in [0, 0.05) is 5.71 Å². The second-order valence-electron chi connectivity index (χ2n) is 5.17. The van der Waals surface area contributed by atoms with Crippen molar-refractivity contribution in [3.8, 4) is 6.07 Å². The predicted molar refractivity (Wildman–Crippen MR) is 82.2 cm³/mol. The molecule has 0 fully saturated rings. The molecule has 7 nitrogen and oxygen atoms in total. The molecule has 1 aromatic heterocycles. The molecule has 0 saturated heterocycles. The Morgan fingerprint density at radius 3 is 2.78 bits per heavy atom. The Balaban J connectivity index is 2.10. The highest BCUT2D eigenvalue weighted by Gasteiger charge is 2.39. The molecule has 2 heterocycles. The summed E-state index contributed by atoms with van der Waals surface area (Å²) in [5, 5.41) is 13.2.